The molecule has 0 saturated heterocycles. The number of rotatable bonds is 15. The first-order valence-electron chi connectivity index (χ1n) is 9.07. The van der Waals surface area contributed by atoms with E-state index in [0.29, 0.717) is 17.5 Å². The third kappa shape index (κ3) is 15.5. The maximum Gasteiger partial charge on any atom is 0.132 e. The van der Waals surface area contributed by atoms with E-state index in [2.05, 4.69) is 13.8 Å². The van der Waals surface area contributed by atoms with Gasteiger partial charge in [-0.05, 0) is 32.1 Å². The van der Waals surface area contributed by atoms with Crippen molar-refractivity contribution < 1.29 is 9.59 Å². The van der Waals surface area contributed by atoms with Gasteiger partial charge in [0, 0.05) is 19.3 Å². The standard InChI is InChI=1S/C19H36O2/c1-4-5-6-7-11-14-19(21)16-15-17(2)12-9-8-10-13-18(3)20/h17H,4-16H2,1-3H3. The normalized spacial score (nSPS) is 12.3. The van der Waals surface area contributed by atoms with Gasteiger partial charge in [0.25, 0.3) is 0 Å². The molecule has 2 nitrogen and oxygen atoms in total. The van der Waals surface area contributed by atoms with Crippen molar-refractivity contribution in [2.45, 2.75) is 104 Å². The quantitative estimate of drug-likeness (QED) is 0.354. The smallest absolute Gasteiger partial charge is 0.132 e. The molecule has 0 fully saturated rings. The molecule has 124 valence electrons. The number of Topliss-reactive ketones (excluding diaryl/α,β-unsaturated/α-hetero) is 2. The van der Waals surface area contributed by atoms with Gasteiger partial charge in [-0.1, -0.05) is 58.8 Å². The lowest BCUT2D eigenvalue weighted by Crippen LogP contribution is -2.03. The number of carbonyl (C=O) groups excluding carboxylic acids is 2. The Kier molecular flexibility index (Phi) is 13.8. The van der Waals surface area contributed by atoms with Crippen LogP contribution in [0.25, 0.3) is 0 Å². The summed E-state index contributed by atoms with van der Waals surface area (Å²) in [7, 11) is 0. The summed E-state index contributed by atoms with van der Waals surface area (Å²) in [6.45, 7) is 6.13. The lowest BCUT2D eigenvalue weighted by molar-refractivity contribution is -0.119. The fourth-order valence-corrected chi connectivity index (χ4v) is 2.65. The zero-order valence-corrected chi connectivity index (χ0v) is 14.6. The van der Waals surface area contributed by atoms with Crippen LogP contribution in [0, 0.1) is 5.92 Å². The summed E-state index contributed by atoms with van der Waals surface area (Å²) < 4.78 is 0. The Hall–Kier alpha value is -0.660. The number of hydrogen-bond donors (Lipinski definition) is 0. The van der Waals surface area contributed by atoms with Crippen LogP contribution >= 0.6 is 0 Å². The van der Waals surface area contributed by atoms with Gasteiger partial charge in [0.05, 0.1) is 0 Å². The Morgan fingerprint density at radius 1 is 0.762 bits per heavy atom. The molecule has 0 radical (unpaired) electrons. The zero-order valence-electron chi connectivity index (χ0n) is 14.6. The monoisotopic (exact) mass is 296 g/mol. The first-order chi connectivity index (χ1) is 10.1. The van der Waals surface area contributed by atoms with Crippen molar-refractivity contribution in [2.75, 3.05) is 0 Å². The lowest BCUT2D eigenvalue weighted by atomic mass is 9.95. The molecule has 0 N–H and O–H groups in total. The maximum absolute atomic E-state index is 11.8. The summed E-state index contributed by atoms with van der Waals surface area (Å²) in [4.78, 5) is 22.6. The van der Waals surface area contributed by atoms with Crippen LogP contribution in [-0.2, 0) is 9.59 Å². The van der Waals surface area contributed by atoms with E-state index in [1.54, 1.807) is 6.92 Å². The lowest BCUT2D eigenvalue weighted by Gasteiger charge is -2.10. The largest absolute Gasteiger partial charge is 0.300 e. The minimum absolute atomic E-state index is 0.299. The number of ketones is 2. The molecular formula is C19H36O2. The number of unbranched alkanes of at least 4 members (excludes halogenated alkanes) is 6. The molecule has 0 rings (SSSR count). The van der Waals surface area contributed by atoms with Crippen LogP contribution in [-0.4, -0.2) is 11.6 Å². The zero-order chi connectivity index (χ0) is 15.9. The highest BCUT2D eigenvalue weighted by Crippen LogP contribution is 2.17. The third-order valence-electron chi connectivity index (χ3n) is 4.20. The second-order valence-electron chi connectivity index (χ2n) is 6.65. The van der Waals surface area contributed by atoms with Crippen molar-refractivity contribution >= 4 is 11.6 Å². The fraction of sp³-hybridized carbons (Fsp3) is 0.895. The molecule has 0 saturated carbocycles. The van der Waals surface area contributed by atoms with Crippen LogP contribution in [0.5, 0.6) is 0 Å². The van der Waals surface area contributed by atoms with E-state index >= 15 is 0 Å². The topological polar surface area (TPSA) is 34.1 Å². The minimum atomic E-state index is 0.299. The Morgan fingerprint density at radius 2 is 1.38 bits per heavy atom. The first-order valence-corrected chi connectivity index (χ1v) is 9.07. The number of hydrogen-bond acceptors (Lipinski definition) is 2. The highest BCUT2D eigenvalue weighted by atomic mass is 16.1. The van der Waals surface area contributed by atoms with Crippen LogP contribution in [0.1, 0.15) is 104 Å². The van der Waals surface area contributed by atoms with Gasteiger partial charge in [0.15, 0.2) is 0 Å². The third-order valence-corrected chi connectivity index (χ3v) is 4.20. The molecule has 0 aliphatic rings. The van der Waals surface area contributed by atoms with Gasteiger partial charge < -0.3 is 4.79 Å². The predicted molar refractivity (Wildman–Crippen MR) is 90.5 cm³/mol. The van der Waals surface area contributed by atoms with E-state index < -0.39 is 0 Å². The Balaban J connectivity index is 3.40. The maximum atomic E-state index is 11.8. The molecule has 0 heterocycles. The van der Waals surface area contributed by atoms with E-state index in [1.807, 2.05) is 0 Å². The molecule has 21 heavy (non-hydrogen) atoms. The molecule has 0 amide bonds. The van der Waals surface area contributed by atoms with E-state index in [4.69, 9.17) is 0 Å². The summed E-state index contributed by atoms with van der Waals surface area (Å²) in [6, 6.07) is 0. The van der Waals surface area contributed by atoms with Crippen molar-refractivity contribution in [2.24, 2.45) is 5.92 Å². The highest BCUT2D eigenvalue weighted by Gasteiger charge is 2.07. The van der Waals surface area contributed by atoms with Gasteiger partial charge in [-0.2, -0.15) is 0 Å². The van der Waals surface area contributed by atoms with Crippen molar-refractivity contribution in [3.8, 4) is 0 Å². The Morgan fingerprint density at radius 3 is 2.05 bits per heavy atom. The molecule has 1 unspecified atom stereocenters. The molecule has 0 aromatic heterocycles. The second kappa shape index (κ2) is 14.3. The SMILES string of the molecule is CCCCCCCC(=O)CCC(C)CCCCCC(C)=O. The predicted octanol–water partition coefficient (Wildman–Crippen LogP) is 5.87. The van der Waals surface area contributed by atoms with Gasteiger partial charge in [-0.25, -0.2) is 0 Å². The molecular weight excluding hydrogens is 260 g/mol. The molecule has 0 bridgehead atoms. The van der Waals surface area contributed by atoms with Crippen LogP contribution < -0.4 is 0 Å². The Bertz CT molecular complexity index is 271. The van der Waals surface area contributed by atoms with Crippen molar-refractivity contribution in [1.29, 1.82) is 0 Å². The average Bonchev–Trinajstić information content (AvgIpc) is 2.44. The fourth-order valence-electron chi connectivity index (χ4n) is 2.65. The van der Waals surface area contributed by atoms with E-state index in [0.717, 1.165) is 44.9 Å². The molecule has 0 aliphatic carbocycles. The van der Waals surface area contributed by atoms with Gasteiger partial charge in [0.1, 0.15) is 11.6 Å². The van der Waals surface area contributed by atoms with Crippen LogP contribution in [0.4, 0.5) is 0 Å². The van der Waals surface area contributed by atoms with Crippen LogP contribution in [0.15, 0.2) is 0 Å². The van der Waals surface area contributed by atoms with Crippen molar-refractivity contribution in [3.63, 3.8) is 0 Å². The van der Waals surface area contributed by atoms with Crippen LogP contribution in [0.3, 0.4) is 0 Å². The highest BCUT2D eigenvalue weighted by molar-refractivity contribution is 5.78. The van der Waals surface area contributed by atoms with E-state index in [1.165, 1.54) is 38.5 Å². The van der Waals surface area contributed by atoms with Gasteiger partial charge in [0.2, 0.25) is 0 Å². The molecule has 0 aromatic carbocycles. The summed E-state index contributed by atoms with van der Waals surface area (Å²) in [6.07, 6.45) is 14.0. The van der Waals surface area contributed by atoms with Gasteiger partial charge in [-0.15, -0.1) is 0 Å². The second-order valence-corrected chi connectivity index (χ2v) is 6.65. The molecule has 1 atom stereocenters. The molecule has 0 aromatic rings. The van der Waals surface area contributed by atoms with Gasteiger partial charge in [-0.3, -0.25) is 4.79 Å². The first kappa shape index (κ1) is 20.3. The summed E-state index contributed by atoms with van der Waals surface area (Å²) in [5.74, 6) is 1.40. The number of carbonyl (C=O) groups is 2. The molecule has 0 aliphatic heterocycles. The summed E-state index contributed by atoms with van der Waals surface area (Å²) in [5, 5.41) is 0. The minimum Gasteiger partial charge on any atom is -0.300 e. The summed E-state index contributed by atoms with van der Waals surface area (Å²) >= 11 is 0. The molecule has 2 heteroatoms. The van der Waals surface area contributed by atoms with Crippen LogP contribution in [0.2, 0.25) is 0 Å². The van der Waals surface area contributed by atoms with E-state index in [-0.39, 0.29) is 0 Å². The Labute approximate surface area is 132 Å². The average molecular weight is 296 g/mol. The van der Waals surface area contributed by atoms with Crippen molar-refractivity contribution in [1.82, 2.24) is 0 Å². The van der Waals surface area contributed by atoms with E-state index in [9.17, 15) is 9.59 Å². The summed E-state index contributed by atoms with van der Waals surface area (Å²) in [5.41, 5.74) is 0. The van der Waals surface area contributed by atoms with Crippen molar-refractivity contribution in [3.05, 3.63) is 0 Å². The van der Waals surface area contributed by atoms with Gasteiger partial charge >= 0.3 is 0 Å². The molecule has 0 spiro atoms.